The smallest absolute Gasteiger partial charge is 0.303 e. The highest BCUT2D eigenvalue weighted by Gasteiger charge is 2.33. The lowest BCUT2D eigenvalue weighted by molar-refractivity contribution is -0.140. The van der Waals surface area contributed by atoms with Gasteiger partial charge in [0.1, 0.15) is 0 Å². The van der Waals surface area contributed by atoms with Crippen molar-refractivity contribution >= 4 is 5.97 Å². The summed E-state index contributed by atoms with van der Waals surface area (Å²) in [5, 5.41) is 9.11. The normalized spacial score (nSPS) is 12.7. The molecule has 0 spiro atoms. The van der Waals surface area contributed by atoms with Crippen LogP contribution in [0.5, 0.6) is 0 Å². The topological polar surface area (TPSA) is 37.3 Å². The van der Waals surface area contributed by atoms with Crippen LogP contribution in [-0.4, -0.2) is 11.1 Å². The van der Waals surface area contributed by atoms with E-state index in [4.69, 9.17) is 5.11 Å². The van der Waals surface area contributed by atoms with Crippen molar-refractivity contribution in [3.05, 3.63) is 0 Å². The highest BCUT2D eigenvalue weighted by Crippen LogP contribution is 2.43. The van der Waals surface area contributed by atoms with Crippen LogP contribution >= 0.6 is 0 Å². The highest BCUT2D eigenvalue weighted by atomic mass is 16.4. The number of hydrogen-bond donors (Lipinski definition) is 1. The molecule has 0 atom stereocenters. The summed E-state index contributed by atoms with van der Waals surface area (Å²) in [6.45, 7) is 11.1. The van der Waals surface area contributed by atoms with Gasteiger partial charge in [0, 0.05) is 0 Å². The quantitative estimate of drug-likeness (QED) is 0.578. The monoisotopic (exact) mass is 256 g/mol. The van der Waals surface area contributed by atoms with E-state index in [1.807, 2.05) is 0 Å². The molecule has 1 N–H and O–H groups in total. The summed E-state index contributed by atoms with van der Waals surface area (Å²) in [6.07, 6.45) is 8.12. The fourth-order valence-electron chi connectivity index (χ4n) is 3.07. The van der Waals surface area contributed by atoms with E-state index in [9.17, 15) is 4.79 Å². The Hall–Kier alpha value is -0.530. The van der Waals surface area contributed by atoms with Gasteiger partial charge in [0.2, 0.25) is 0 Å². The molecule has 0 saturated heterocycles. The third-order valence-electron chi connectivity index (χ3n) is 5.46. The van der Waals surface area contributed by atoms with Crippen LogP contribution in [0.2, 0.25) is 0 Å². The first kappa shape index (κ1) is 17.5. The van der Waals surface area contributed by atoms with Gasteiger partial charge in [-0.2, -0.15) is 0 Å². The van der Waals surface area contributed by atoms with Gasteiger partial charge >= 0.3 is 5.97 Å². The van der Waals surface area contributed by atoms with E-state index in [0.717, 1.165) is 19.3 Å². The number of carboxylic acids is 1. The molecule has 0 fully saturated rings. The number of aliphatic carboxylic acids is 1. The molecule has 0 amide bonds. The molecule has 0 aromatic carbocycles. The Morgan fingerprint density at radius 3 is 1.39 bits per heavy atom. The first-order valence-electron chi connectivity index (χ1n) is 7.65. The summed E-state index contributed by atoms with van der Waals surface area (Å²) in [5.41, 5.74) is 0.435. The Labute approximate surface area is 113 Å². The van der Waals surface area contributed by atoms with Crippen molar-refractivity contribution in [1.29, 1.82) is 0 Å². The zero-order chi connectivity index (χ0) is 14.2. The maximum absolute atomic E-state index is 11.1. The Morgan fingerprint density at radius 1 is 0.778 bits per heavy atom. The van der Waals surface area contributed by atoms with Crippen LogP contribution in [-0.2, 0) is 4.79 Å². The van der Waals surface area contributed by atoms with Gasteiger partial charge in [-0.05, 0) is 36.5 Å². The largest absolute Gasteiger partial charge is 0.481 e. The van der Waals surface area contributed by atoms with Crippen molar-refractivity contribution in [2.45, 2.75) is 86.0 Å². The number of carbonyl (C=O) groups is 1. The predicted molar refractivity (Wildman–Crippen MR) is 77.8 cm³/mol. The zero-order valence-corrected chi connectivity index (χ0v) is 13.0. The Bertz CT molecular complexity index is 229. The molecular weight excluding hydrogens is 224 g/mol. The lowest BCUT2D eigenvalue weighted by Gasteiger charge is -2.37. The second kappa shape index (κ2) is 7.81. The van der Waals surface area contributed by atoms with Crippen LogP contribution < -0.4 is 0 Å². The molecule has 0 aliphatic rings. The first-order valence-corrected chi connectivity index (χ1v) is 7.65. The van der Waals surface area contributed by atoms with Gasteiger partial charge in [0.25, 0.3) is 0 Å². The van der Waals surface area contributed by atoms with Crippen molar-refractivity contribution < 1.29 is 9.90 Å². The molecule has 0 radical (unpaired) electrons. The minimum atomic E-state index is -0.645. The molecule has 0 aromatic rings. The summed E-state index contributed by atoms with van der Waals surface area (Å²) in [6, 6.07) is 0. The van der Waals surface area contributed by atoms with E-state index in [1.165, 1.54) is 25.7 Å². The molecule has 2 nitrogen and oxygen atoms in total. The number of carboxylic acid groups (broad SMARTS) is 1. The fraction of sp³-hybridized carbons (Fsp3) is 0.938. The molecular formula is C16H32O2. The molecule has 0 rings (SSSR count). The van der Waals surface area contributed by atoms with Crippen LogP contribution in [0.15, 0.2) is 0 Å². The molecule has 18 heavy (non-hydrogen) atoms. The summed E-state index contributed by atoms with van der Waals surface area (Å²) in [5.74, 6) is -0.645. The lowest BCUT2D eigenvalue weighted by Crippen LogP contribution is -2.27. The van der Waals surface area contributed by atoms with Crippen molar-refractivity contribution in [2.75, 3.05) is 0 Å². The SMILES string of the molecule is CCC(CC)(CC)CCC(CC)(CC)CC(=O)O. The molecule has 0 saturated carbocycles. The first-order chi connectivity index (χ1) is 8.43. The number of hydrogen-bond acceptors (Lipinski definition) is 1. The molecule has 108 valence electrons. The Kier molecular flexibility index (Phi) is 7.58. The highest BCUT2D eigenvalue weighted by molar-refractivity contribution is 5.67. The number of rotatable bonds is 10. The molecule has 0 aliphatic carbocycles. The van der Waals surface area contributed by atoms with E-state index < -0.39 is 5.97 Å². The third kappa shape index (κ3) is 4.62. The molecule has 0 unspecified atom stereocenters. The minimum Gasteiger partial charge on any atom is -0.481 e. The standard InChI is InChI=1S/C16H32O2/c1-6-15(7-2,8-3)11-12-16(9-4,10-5)13-14(17)18/h6-13H2,1-5H3,(H,17,18). The van der Waals surface area contributed by atoms with Crippen LogP contribution in [0.1, 0.15) is 86.0 Å². The maximum atomic E-state index is 11.1. The van der Waals surface area contributed by atoms with Gasteiger partial charge in [-0.15, -0.1) is 0 Å². The van der Waals surface area contributed by atoms with Crippen LogP contribution in [0.3, 0.4) is 0 Å². The van der Waals surface area contributed by atoms with E-state index >= 15 is 0 Å². The zero-order valence-electron chi connectivity index (χ0n) is 13.0. The predicted octanol–water partition coefficient (Wildman–Crippen LogP) is 5.26. The van der Waals surface area contributed by atoms with Crippen LogP contribution in [0, 0.1) is 10.8 Å². The van der Waals surface area contributed by atoms with Gasteiger partial charge < -0.3 is 5.11 Å². The summed E-state index contributed by atoms with van der Waals surface area (Å²) >= 11 is 0. The van der Waals surface area contributed by atoms with Crippen molar-refractivity contribution in [3.8, 4) is 0 Å². The average Bonchev–Trinajstić information content (AvgIpc) is 2.39. The molecule has 0 bridgehead atoms. The van der Waals surface area contributed by atoms with E-state index in [2.05, 4.69) is 34.6 Å². The maximum Gasteiger partial charge on any atom is 0.303 e. The van der Waals surface area contributed by atoms with E-state index in [-0.39, 0.29) is 5.41 Å². The Morgan fingerprint density at radius 2 is 1.11 bits per heavy atom. The van der Waals surface area contributed by atoms with Gasteiger partial charge in [0.05, 0.1) is 6.42 Å². The molecule has 2 heteroatoms. The lowest BCUT2D eigenvalue weighted by atomic mass is 9.68. The van der Waals surface area contributed by atoms with Crippen molar-refractivity contribution in [1.82, 2.24) is 0 Å². The average molecular weight is 256 g/mol. The van der Waals surface area contributed by atoms with Crippen molar-refractivity contribution in [2.24, 2.45) is 10.8 Å². The summed E-state index contributed by atoms with van der Waals surface area (Å²) < 4.78 is 0. The fourth-order valence-corrected chi connectivity index (χ4v) is 3.07. The Balaban J connectivity index is 4.73. The van der Waals surface area contributed by atoms with Crippen molar-refractivity contribution in [3.63, 3.8) is 0 Å². The van der Waals surface area contributed by atoms with Gasteiger partial charge in [0.15, 0.2) is 0 Å². The van der Waals surface area contributed by atoms with Gasteiger partial charge in [-0.25, -0.2) is 0 Å². The van der Waals surface area contributed by atoms with Gasteiger partial charge in [-0.3, -0.25) is 4.79 Å². The van der Waals surface area contributed by atoms with E-state index in [0.29, 0.717) is 11.8 Å². The third-order valence-corrected chi connectivity index (χ3v) is 5.46. The molecule has 0 heterocycles. The van der Waals surface area contributed by atoms with Gasteiger partial charge in [-0.1, -0.05) is 53.9 Å². The molecule has 0 aliphatic heterocycles. The summed E-state index contributed by atoms with van der Waals surface area (Å²) in [7, 11) is 0. The molecule has 0 aromatic heterocycles. The summed E-state index contributed by atoms with van der Waals surface area (Å²) in [4.78, 5) is 11.1. The minimum absolute atomic E-state index is 0.0105. The second-order valence-corrected chi connectivity index (χ2v) is 5.84. The second-order valence-electron chi connectivity index (χ2n) is 5.84. The van der Waals surface area contributed by atoms with Crippen LogP contribution in [0.25, 0.3) is 0 Å². The van der Waals surface area contributed by atoms with Crippen LogP contribution in [0.4, 0.5) is 0 Å². The van der Waals surface area contributed by atoms with E-state index in [1.54, 1.807) is 0 Å².